The van der Waals surface area contributed by atoms with E-state index in [9.17, 15) is 14.7 Å². The fraction of sp³-hybridized carbons (Fsp3) is 0.500. The zero-order chi connectivity index (χ0) is 16.3. The Hall–Kier alpha value is -1.92. The monoisotopic (exact) mass is 306 g/mol. The first-order valence-electron chi connectivity index (χ1n) is 7.30. The normalized spacial score (nSPS) is 21.4. The van der Waals surface area contributed by atoms with Gasteiger partial charge in [-0.1, -0.05) is 29.8 Å². The Kier molecular flexibility index (Phi) is 5.15. The minimum Gasteiger partial charge on any atom is -0.480 e. The van der Waals surface area contributed by atoms with E-state index in [4.69, 9.17) is 5.11 Å². The molecule has 22 heavy (non-hydrogen) atoms. The molecule has 0 aromatic heterocycles. The molecule has 0 bridgehead atoms. The van der Waals surface area contributed by atoms with Gasteiger partial charge in [-0.2, -0.15) is 0 Å². The van der Waals surface area contributed by atoms with Crippen LogP contribution in [0.3, 0.4) is 0 Å². The van der Waals surface area contributed by atoms with Crippen LogP contribution in [0.1, 0.15) is 11.1 Å². The lowest BCUT2D eigenvalue weighted by molar-refractivity contribution is -0.138. The van der Waals surface area contributed by atoms with Gasteiger partial charge in [-0.15, -0.1) is 0 Å². The van der Waals surface area contributed by atoms with E-state index in [1.165, 1.54) is 0 Å². The number of aryl methyl sites for hydroxylation is 1. The first-order valence-corrected chi connectivity index (χ1v) is 7.30. The average molecular weight is 306 g/mol. The second-order valence-electron chi connectivity index (χ2n) is 5.91. The maximum atomic E-state index is 12.3. The highest BCUT2D eigenvalue weighted by Crippen LogP contribution is 2.17. The van der Waals surface area contributed by atoms with Crippen molar-refractivity contribution in [2.45, 2.75) is 25.5 Å². The van der Waals surface area contributed by atoms with Crippen molar-refractivity contribution in [1.82, 2.24) is 9.80 Å². The predicted molar refractivity (Wildman–Crippen MR) is 81.5 cm³/mol. The lowest BCUT2D eigenvalue weighted by Gasteiger charge is -2.24. The van der Waals surface area contributed by atoms with Crippen molar-refractivity contribution < 1.29 is 19.8 Å². The fourth-order valence-electron chi connectivity index (χ4n) is 2.85. The fourth-order valence-corrected chi connectivity index (χ4v) is 2.85. The lowest BCUT2D eigenvalue weighted by atomic mass is 10.1. The molecule has 6 nitrogen and oxygen atoms in total. The Balaban J connectivity index is 1.96. The molecule has 120 valence electrons. The van der Waals surface area contributed by atoms with E-state index in [1.807, 2.05) is 31.2 Å². The zero-order valence-corrected chi connectivity index (χ0v) is 12.9. The summed E-state index contributed by atoms with van der Waals surface area (Å²) >= 11 is 0. The Morgan fingerprint density at radius 2 is 2.09 bits per heavy atom. The summed E-state index contributed by atoms with van der Waals surface area (Å²) in [5.74, 6) is -0.991. The topological polar surface area (TPSA) is 81.1 Å². The molecule has 0 radical (unpaired) electrons. The molecule has 1 amide bonds. The van der Waals surface area contributed by atoms with E-state index in [0.29, 0.717) is 13.0 Å². The summed E-state index contributed by atoms with van der Waals surface area (Å²) in [6.45, 7) is 2.43. The number of aliphatic hydroxyl groups excluding tert-OH is 1. The van der Waals surface area contributed by atoms with Crippen molar-refractivity contribution >= 4 is 11.9 Å². The van der Waals surface area contributed by atoms with Gasteiger partial charge in [0.25, 0.3) is 0 Å². The number of rotatable bonds is 5. The predicted octanol–water partition coefficient (Wildman–Crippen LogP) is 0.126. The summed E-state index contributed by atoms with van der Waals surface area (Å²) in [5.41, 5.74) is 2.05. The Labute approximate surface area is 130 Å². The number of amides is 1. The lowest BCUT2D eigenvalue weighted by Crippen LogP contribution is -2.43. The van der Waals surface area contributed by atoms with Crippen LogP contribution in [0.5, 0.6) is 0 Å². The van der Waals surface area contributed by atoms with E-state index in [2.05, 4.69) is 0 Å². The minimum absolute atomic E-state index is 0.0455. The van der Waals surface area contributed by atoms with Crippen molar-refractivity contribution in [2.24, 2.45) is 0 Å². The number of carboxylic acids is 1. The van der Waals surface area contributed by atoms with E-state index >= 15 is 0 Å². The Morgan fingerprint density at radius 1 is 1.36 bits per heavy atom. The highest BCUT2D eigenvalue weighted by Gasteiger charge is 2.36. The minimum atomic E-state index is -0.945. The van der Waals surface area contributed by atoms with Gasteiger partial charge in [-0.3, -0.25) is 14.5 Å². The molecule has 2 rings (SSSR count). The average Bonchev–Trinajstić information content (AvgIpc) is 2.80. The highest BCUT2D eigenvalue weighted by atomic mass is 16.4. The first-order chi connectivity index (χ1) is 10.4. The third-order valence-electron chi connectivity index (χ3n) is 4.00. The van der Waals surface area contributed by atoms with Crippen LogP contribution in [0.2, 0.25) is 0 Å². The van der Waals surface area contributed by atoms with Gasteiger partial charge in [0.15, 0.2) is 0 Å². The van der Waals surface area contributed by atoms with Crippen LogP contribution in [0.25, 0.3) is 0 Å². The van der Waals surface area contributed by atoms with E-state index in [-0.39, 0.29) is 25.0 Å². The van der Waals surface area contributed by atoms with Gasteiger partial charge < -0.3 is 15.1 Å². The van der Waals surface area contributed by atoms with E-state index < -0.39 is 12.1 Å². The molecule has 0 saturated carbocycles. The Bertz CT molecular complexity index is 561. The number of carbonyl (C=O) groups is 2. The van der Waals surface area contributed by atoms with Crippen LogP contribution in [-0.4, -0.2) is 70.7 Å². The smallest absolute Gasteiger partial charge is 0.317 e. The molecule has 1 aliphatic rings. The molecule has 2 N–H and O–H groups in total. The molecular formula is C16H22N2O4. The molecular weight excluding hydrogens is 284 g/mol. The van der Waals surface area contributed by atoms with Gasteiger partial charge in [-0.25, -0.2) is 0 Å². The maximum absolute atomic E-state index is 12.3. The molecule has 1 heterocycles. The van der Waals surface area contributed by atoms with E-state index in [0.717, 1.165) is 11.1 Å². The number of carboxylic acid groups (broad SMARTS) is 1. The van der Waals surface area contributed by atoms with Crippen molar-refractivity contribution in [3.05, 3.63) is 35.4 Å². The summed E-state index contributed by atoms with van der Waals surface area (Å²) in [7, 11) is 1.65. The van der Waals surface area contributed by atoms with Crippen LogP contribution in [0.15, 0.2) is 24.3 Å². The Morgan fingerprint density at radius 3 is 2.73 bits per heavy atom. The largest absolute Gasteiger partial charge is 0.480 e. The molecule has 1 fully saturated rings. The van der Waals surface area contributed by atoms with Gasteiger partial charge in [0.1, 0.15) is 0 Å². The second kappa shape index (κ2) is 6.89. The number of aliphatic hydroxyl groups is 1. The molecule has 0 aliphatic carbocycles. The van der Waals surface area contributed by atoms with Crippen LogP contribution >= 0.6 is 0 Å². The van der Waals surface area contributed by atoms with E-state index in [1.54, 1.807) is 16.8 Å². The first kappa shape index (κ1) is 16.5. The van der Waals surface area contributed by atoms with Crippen LogP contribution in [-0.2, 0) is 16.0 Å². The number of hydrogen-bond acceptors (Lipinski definition) is 4. The summed E-state index contributed by atoms with van der Waals surface area (Å²) in [6, 6.07) is 7.44. The standard InChI is InChI=1S/C16H22N2O4/c1-11-4-3-5-12(6-11)7-15(20)18-8-13(14(19)9-18)17(2)10-16(21)22/h3-6,13-14,19H,7-10H2,1-2H3,(H,21,22)/t13-,14+/m0/s1. The summed E-state index contributed by atoms with van der Waals surface area (Å²) in [6.07, 6.45) is -0.421. The van der Waals surface area contributed by atoms with Crippen LogP contribution < -0.4 is 0 Å². The molecule has 1 aliphatic heterocycles. The molecule has 1 aromatic carbocycles. The van der Waals surface area contributed by atoms with Crippen molar-refractivity contribution in [1.29, 1.82) is 0 Å². The second-order valence-corrected chi connectivity index (χ2v) is 5.91. The van der Waals surface area contributed by atoms with Gasteiger partial charge in [0.2, 0.25) is 5.91 Å². The summed E-state index contributed by atoms with van der Waals surface area (Å²) in [5, 5.41) is 18.9. The van der Waals surface area contributed by atoms with Crippen molar-refractivity contribution in [3.63, 3.8) is 0 Å². The molecule has 1 saturated heterocycles. The number of nitrogens with zero attached hydrogens (tertiary/aromatic N) is 2. The highest BCUT2D eigenvalue weighted by molar-refractivity contribution is 5.79. The number of carbonyl (C=O) groups excluding carboxylic acids is 1. The van der Waals surface area contributed by atoms with Crippen LogP contribution in [0, 0.1) is 6.92 Å². The molecule has 0 unspecified atom stereocenters. The van der Waals surface area contributed by atoms with Crippen molar-refractivity contribution in [2.75, 3.05) is 26.7 Å². The third-order valence-corrected chi connectivity index (χ3v) is 4.00. The zero-order valence-electron chi connectivity index (χ0n) is 12.9. The molecule has 1 aromatic rings. The SMILES string of the molecule is Cc1cccc(CC(=O)N2C[C@@H](O)[C@@H](N(C)CC(=O)O)C2)c1. The summed E-state index contributed by atoms with van der Waals surface area (Å²) in [4.78, 5) is 26.3. The number of benzene rings is 1. The van der Waals surface area contributed by atoms with Crippen molar-refractivity contribution in [3.8, 4) is 0 Å². The third kappa shape index (κ3) is 4.05. The number of aliphatic carboxylic acids is 1. The number of hydrogen-bond donors (Lipinski definition) is 2. The van der Waals surface area contributed by atoms with Crippen LogP contribution in [0.4, 0.5) is 0 Å². The maximum Gasteiger partial charge on any atom is 0.317 e. The quantitative estimate of drug-likeness (QED) is 0.808. The van der Waals surface area contributed by atoms with Gasteiger partial charge >= 0.3 is 5.97 Å². The van der Waals surface area contributed by atoms with Gasteiger partial charge in [0.05, 0.1) is 25.1 Å². The van der Waals surface area contributed by atoms with Gasteiger partial charge in [-0.05, 0) is 19.5 Å². The summed E-state index contributed by atoms with van der Waals surface area (Å²) < 4.78 is 0. The number of β-amino-alcohol motifs (C(OH)–C–C–N with tert-alkyl or cyclic N) is 1. The number of likely N-dealkylation sites (N-methyl/N-ethyl adjacent to an activating group) is 1. The van der Waals surface area contributed by atoms with Gasteiger partial charge in [0, 0.05) is 13.1 Å². The molecule has 0 spiro atoms. The molecule has 6 heteroatoms. The number of likely N-dealkylation sites (tertiary alicyclic amines) is 1. The molecule has 2 atom stereocenters.